The summed E-state index contributed by atoms with van der Waals surface area (Å²) in [5.41, 5.74) is 0. The van der Waals surface area contributed by atoms with Gasteiger partial charge in [0.15, 0.2) is 0 Å². The summed E-state index contributed by atoms with van der Waals surface area (Å²) in [6.07, 6.45) is 58.9. The Balaban J connectivity index is 4.38. The van der Waals surface area contributed by atoms with Gasteiger partial charge >= 0.3 is 5.97 Å². The zero-order chi connectivity index (χ0) is 46.7. The highest BCUT2D eigenvalue weighted by Gasteiger charge is 2.24. The second kappa shape index (κ2) is 52.8. The van der Waals surface area contributed by atoms with E-state index in [0.29, 0.717) is 19.3 Å². The van der Waals surface area contributed by atoms with Crippen LogP contribution in [-0.2, 0) is 14.3 Å². The molecule has 0 radical (unpaired) electrons. The molecule has 0 aromatic carbocycles. The van der Waals surface area contributed by atoms with Crippen LogP contribution in [0, 0.1) is 0 Å². The Morgan fingerprint density at radius 2 is 0.656 bits per heavy atom. The minimum atomic E-state index is -0.780. The molecule has 0 spiro atoms. The SMILES string of the molecule is CCCCCCCCCCCCCCCCCCCCCC(=O)OC(CCCCCCCCCCCCC)CC(=O)NC(CO)C(O)CCCCCCCCCCCCCCCCC. The molecular formula is C58H115NO5. The van der Waals surface area contributed by atoms with Gasteiger partial charge in [-0.1, -0.05) is 297 Å². The van der Waals surface area contributed by atoms with Crippen molar-refractivity contribution in [1.82, 2.24) is 5.32 Å². The van der Waals surface area contributed by atoms with Crippen LogP contribution in [0.2, 0.25) is 0 Å². The monoisotopic (exact) mass is 906 g/mol. The van der Waals surface area contributed by atoms with Crippen molar-refractivity contribution < 1.29 is 24.5 Å². The normalized spacial score (nSPS) is 13.0. The van der Waals surface area contributed by atoms with Gasteiger partial charge in [-0.25, -0.2) is 0 Å². The first kappa shape index (κ1) is 62.9. The lowest BCUT2D eigenvalue weighted by molar-refractivity contribution is -0.151. The van der Waals surface area contributed by atoms with E-state index in [1.54, 1.807) is 0 Å². The summed E-state index contributed by atoms with van der Waals surface area (Å²) in [7, 11) is 0. The summed E-state index contributed by atoms with van der Waals surface area (Å²) in [5, 5.41) is 23.9. The molecule has 382 valence electrons. The van der Waals surface area contributed by atoms with E-state index >= 15 is 0 Å². The number of amides is 1. The van der Waals surface area contributed by atoms with Gasteiger partial charge in [-0.15, -0.1) is 0 Å². The Kier molecular flexibility index (Phi) is 51.9. The van der Waals surface area contributed by atoms with Crippen molar-refractivity contribution in [2.45, 2.75) is 354 Å². The molecule has 64 heavy (non-hydrogen) atoms. The number of aliphatic hydroxyl groups excluding tert-OH is 2. The van der Waals surface area contributed by atoms with Gasteiger partial charge in [-0.05, 0) is 25.7 Å². The molecule has 0 rings (SSSR count). The average Bonchev–Trinajstić information content (AvgIpc) is 3.29. The molecule has 0 fully saturated rings. The van der Waals surface area contributed by atoms with Crippen LogP contribution in [0.1, 0.15) is 335 Å². The molecule has 0 aliphatic rings. The molecule has 6 heteroatoms. The highest BCUT2D eigenvalue weighted by Crippen LogP contribution is 2.19. The number of carbonyl (C=O) groups excluding carboxylic acids is 2. The predicted molar refractivity (Wildman–Crippen MR) is 278 cm³/mol. The van der Waals surface area contributed by atoms with Crippen LogP contribution in [0.25, 0.3) is 0 Å². The van der Waals surface area contributed by atoms with E-state index in [-0.39, 0.29) is 24.9 Å². The summed E-state index contributed by atoms with van der Waals surface area (Å²) in [4.78, 5) is 26.2. The molecule has 6 nitrogen and oxygen atoms in total. The summed E-state index contributed by atoms with van der Waals surface area (Å²) < 4.78 is 5.96. The number of nitrogens with one attached hydrogen (secondary N) is 1. The van der Waals surface area contributed by atoms with E-state index in [9.17, 15) is 19.8 Å². The second-order valence-corrected chi connectivity index (χ2v) is 20.4. The Morgan fingerprint density at radius 1 is 0.391 bits per heavy atom. The lowest BCUT2D eigenvalue weighted by Gasteiger charge is -2.24. The van der Waals surface area contributed by atoms with Crippen molar-refractivity contribution in [3.8, 4) is 0 Å². The van der Waals surface area contributed by atoms with Crippen molar-refractivity contribution >= 4 is 11.9 Å². The molecule has 0 aromatic heterocycles. The predicted octanol–water partition coefficient (Wildman–Crippen LogP) is 17.9. The molecule has 1 amide bonds. The van der Waals surface area contributed by atoms with Crippen molar-refractivity contribution in [1.29, 1.82) is 0 Å². The maximum atomic E-state index is 13.2. The summed E-state index contributed by atoms with van der Waals surface area (Å²) in [6, 6.07) is -0.693. The number of carbonyl (C=O) groups is 2. The van der Waals surface area contributed by atoms with E-state index in [1.807, 2.05) is 0 Å². The number of unbranched alkanes of at least 4 members (excludes halogenated alkanes) is 42. The molecule has 0 aliphatic carbocycles. The third kappa shape index (κ3) is 47.4. The second-order valence-electron chi connectivity index (χ2n) is 20.4. The smallest absolute Gasteiger partial charge is 0.306 e. The van der Waals surface area contributed by atoms with Gasteiger partial charge in [-0.3, -0.25) is 9.59 Å². The topological polar surface area (TPSA) is 95.9 Å². The molecule has 3 N–H and O–H groups in total. The average molecular weight is 907 g/mol. The lowest BCUT2D eigenvalue weighted by Crippen LogP contribution is -2.46. The minimum absolute atomic E-state index is 0.0882. The van der Waals surface area contributed by atoms with Crippen molar-refractivity contribution in [2.24, 2.45) is 0 Å². The number of rotatable bonds is 54. The van der Waals surface area contributed by atoms with Crippen LogP contribution in [0.4, 0.5) is 0 Å². The van der Waals surface area contributed by atoms with E-state index in [0.717, 1.165) is 38.5 Å². The number of esters is 1. The van der Waals surface area contributed by atoms with Crippen molar-refractivity contribution in [3.63, 3.8) is 0 Å². The van der Waals surface area contributed by atoms with Gasteiger partial charge in [-0.2, -0.15) is 0 Å². The molecule has 0 bridgehead atoms. The Morgan fingerprint density at radius 3 is 0.953 bits per heavy atom. The first-order chi connectivity index (χ1) is 31.5. The molecule has 3 atom stereocenters. The van der Waals surface area contributed by atoms with Crippen LogP contribution in [-0.4, -0.2) is 46.9 Å². The van der Waals surface area contributed by atoms with Gasteiger partial charge in [0, 0.05) is 6.42 Å². The quantitative estimate of drug-likeness (QED) is 0.0417. The summed E-state index contributed by atoms with van der Waals surface area (Å²) >= 11 is 0. The highest BCUT2D eigenvalue weighted by atomic mass is 16.5. The van der Waals surface area contributed by atoms with Crippen molar-refractivity contribution in [3.05, 3.63) is 0 Å². The Bertz CT molecular complexity index is 928. The van der Waals surface area contributed by atoms with E-state index in [4.69, 9.17) is 4.74 Å². The number of aliphatic hydroxyl groups is 2. The minimum Gasteiger partial charge on any atom is -0.462 e. The third-order valence-corrected chi connectivity index (χ3v) is 13.9. The molecule has 0 aromatic rings. The standard InChI is InChI=1S/C58H115NO5/c1-4-7-10-13-16-19-22-24-26-27-28-29-31-33-36-39-42-45-48-51-58(63)64-54(49-46-43-40-37-34-21-18-15-12-9-6-3)52-57(62)59-55(53-60)56(61)50-47-44-41-38-35-32-30-25-23-20-17-14-11-8-5-2/h54-56,60-61H,4-53H2,1-3H3,(H,59,62). The van der Waals surface area contributed by atoms with Crippen LogP contribution < -0.4 is 5.32 Å². The van der Waals surface area contributed by atoms with E-state index in [1.165, 1.54) is 250 Å². The Labute approximate surface area is 400 Å². The fraction of sp³-hybridized carbons (Fsp3) is 0.966. The van der Waals surface area contributed by atoms with Crippen LogP contribution in [0.15, 0.2) is 0 Å². The number of hydrogen-bond acceptors (Lipinski definition) is 5. The molecule has 0 heterocycles. The number of hydrogen-bond donors (Lipinski definition) is 3. The first-order valence-corrected chi connectivity index (χ1v) is 29.3. The zero-order valence-electron chi connectivity index (χ0n) is 43.7. The van der Waals surface area contributed by atoms with Crippen LogP contribution in [0.5, 0.6) is 0 Å². The van der Waals surface area contributed by atoms with Gasteiger partial charge in [0.1, 0.15) is 6.10 Å². The van der Waals surface area contributed by atoms with Gasteiger partial charge in [0.05, 0.1) is 25.2 Å². The molecule has 0 saturated carbocycles. The highest BCUT2D eigenvalue weighted by molar-refractivity contribution is 5.77. The molecular weight excluding hydrogens is 791 g/mol. The van der Waals surface area contributed by atoms with Gasteiger partial charge in [0.25, 0.3) is 0 Å². The lowest BCUT2D eigenvalue weighted by atomic mass is 10.0. The summed E-state index contributed by atoms with van der Waals surface area (Å²) in [6.45, 7) is 6.53. The molecule has 3 unspecified atom stereocenters. The van der Waals surface area contributed by atoms with Gasteiger partial charge in [0.2, 0.25) is 5.91 Å². The largest absolute Gasteiger partial charge is 0.462 e. The van der Waals surface area contributed by atoms with Crippen molar-refractivity contribution in [2.75, 3.05) is 6.61 Å². The first-order valence-electron chi connectivity index (χ1n) is 29.3. The summed E-state index contributed by atoms with van der Waals surface area (Å²) in [5.74, 6) is -0.446. The number of ether oxygens (including phenoxy) is 1. The van der Waals surface area contributed by atoms with E-state index in [2.05, 4.69) is 26.1 Å². The van der Waals surface area contributed by atoms with E-state index < -0.39 is 18.2 Å². The van der Waals surface area contributed by atoms with Gasteiger partial charge < -0.3 is 20.3 Å². The zero-order valence-corrected chi connectivity index (χ0v) is 43.7. The maximum absolute atomic E-state index is 13.2. The third-order valence-electron chi connectivity index (χ3n) is 13.9. The maximum Gasteiger partial charge on any atom is 0.306 e. The fourth-order valence-corrected chi connectivity index (χ4v) is 9.49. The molecule has 0 aliphatic heterocycles. The molecule has 0 saturated heterocycles. The Hall–Kier alpha value is -1.14. The van der Waals surface area contributed by atoms with Crippen LogP contribution >= 0.6 is 0 Å². The van der Waals surface area contributed by atoms with Crippen LogP contribution in [0.3, 0.4) is 0 Å². The fourth-order valence-electron chi connectivity index (χ4n) is 9.49.